The van der Waals surface area contributed by atoms with Crippen molar-refractivity contribution < 1.29 is 0 Å². The van der Waals surface area contributed by atoms with Crippen LogP contribution in [-0.4, -0.2) is 16.9 Å². The van der Waals surface area contributed by atoms with Crippen molar-refractivity contribution in [2.75, 3.05) is 0 Å². The predicted octanol–water partition coefficient (Wildman–Crippen LogP) is 2.94. The van der Waals surface area contributed by atoms with Gasteiger partial charge < -0.3 is 5.32 Å². The predicted molar refractivity (Wildman–Crippen MR) is 77.7 cm³/mol. The number of nitrogens with one attached hydrogen (secondary N) is 2. The van der Waals surface area contributed by atoms with E-state index in [4.69, 9.17) is 23.8 Å². The van der Waals surface area contributed by atoms with Crippen LogP contribution in [0, 0.1) is 0 Å². The summed E-state index contributed by atoms with van der Waals surface area (Å²) < 4.78 is 0. The van der Waals surface area contributed by atoms with Crippen LogP contribution in [0.4, 0.5) is 0 Å². The Morgan fingerprint density at radius 3 is 2.41 bits per heavy atom. The van der Waals surface area contributed by atoms with E-state index in [1.165, 1.54) is 0 Å². The number of hydrogen-bond acceptors (Lipinski definition) is 2. The molecule has 0 heterocycles. The van der Waals surface area contributed by atoms with Gasteiger partial charge in [0.25, 0.3) is 0 Å². The molecule has 3 nitrogen and oxygen atoms in total. The van der Waals surface area contributed by atoms with Crippen molar-refractivity contribution >= 4 is 34.6 Å². The van der Waals surface area contributed by atoms with Crippen LogP contribution >= 0.6 is 23.8 Å². The van der Waals surface area contributed by atoms with Crippen LogP contribution in [0.25, 0.3) is 0 Å². The lowest BCUT2D eigenvalue weighted by molar-refractivity contribution is 0.719. The summed E-state index contributed by atoms with van der Waals surface area (Å²) in [5.74, 6) is 0. The van der Waals surface area contributed by atoms with Gasteiger partial charge in [-0.05, 0) is 50.7 Å². The third-order valence-corrected chi connectivity index (χ3v) is 2.47. The molecule has 1 aromatic rings. The van der Waals surface area contributed by atoms with Gasteiger partial charge in [-0.15, -0.1) is 0 Å². The minimum Gasteiger partial charge on any atom is -0.359 e. The number of benzene rings is 1. The first kappa shape index (κ1) is 13.9. The van der Waals surface area contributed by atoms with Crippen LogP contribution < -0.4 is 10.7 Å². The highest BCUT2D eigenvalue weighted by Gasteiger charge is 1.99. The SMILES string of the molecule is C/C(=N\NC(=S)NC(C)C)c1ccc(Cl)cc1. The van der Waals surface area contributed by atoms with Gasteiger partial charge in [0, 0.05) is 11.1 Å². The number of hydrazone groups is 1. The van der Waals surface area contributed by atoms with Crippen molar-refractivity contribution in [1.29, 1.82) is 0 Å². The highest BCUT2D eigenvalue weighted by Crippen LogP contribution is 2.09. The third-order valence-electron chi connectivity index (χ3n) is 2.01. The fourth-order valence-corrected chi connectivity index (χ4v) is 1.59. The summed E-state index contributed by atoms with van der Waals surface area (Å²) in [6, 6.07) is 7.80. The van der Waals surface area contributed by atoms with Gasteiger partial charge in [0.05, 0.1) is 5.71 Å². The van der Waals surface area contributed by atoms with Gasteiger partial charge in [0.2, 0.25) is 0 Å². The van der Waals surface area contributed by atoms with E-state index >= 15 is 0 Å². The first-order valence-corrected chi connectivity index (χ1v) is 6.14. The number of rotatable bonds is 3. The van der Waals surface area contributed by atoms with E-state index in [0.717, 1.165) is 11.3 Å². The second-order valence-corrected chi connectivity index (χ2v) is 4.79. The quantitative estimate of drug-likeness (QED) is 0.503. The first-order chi connectivity index (χ1) is 7.99. The topological polar surface area (TPSA) is 36.4 Å². The summed E-state index contributed by atoms with van der Waals surface area (Å²) in [6.45, 7) is 5.95. The molecule has 0 saturated carbocycles. The van der Waals surface area contributed by atoms with E-state index in [-0.39, 0.29) is 0 Å². The van der Waals surface area contributed by atoms with E-state index in [1.54, 1.807) is 0 Å². The van der Waals surface area contributed by atoms with Gasteiger partial charge in [0.15, 0.2) is 5.11 Å². The number of thiocarbonyl (C=S) groups is 1. The Morgan fingerprint density at radius 1 is 1.29 bits per heavy atom. The summed E-state index contributed by atoms with van der Waals surface area (Å²) in [6.07, 6.45) is 0. The van der Waals surface area contributed by atoms with Crippen LogP contribution in [0.3, 0.4) is 0 Å². The van der Waals surface area contributed by atoms with Gasteiger partial charge in [-0.3, -0.25) is 5.43 Å². The normalized spacial score (nSPS) is 11.5. The molecule has 0 aromatic heterocycles. The average Bonchev–Trinajstić information content (AvgIpc) is 2.26. The van der Waals surface area contributed by atoms with Crippen LogP contribution in [0.5, 0.6) is 0 Å². The molecule has 0 aliphatic carbocycles. The number of halogens is 1. The largest absolute Gasteiger partial charge is 0.359 e. The lowest BCUT2D eigenvalue weighted by Crippen LogP contribution is -2.37. The smallest absolute Gasteiger partial charge is 0.187 e. The maximum absolute atomic E-state index is 5.81. The Kier molecular flexibility index (Phi) is 5.38. The Balaban J connectivity index is 2.60. The Hall–Kier alpha value is -1.13. The van der Waals surface area contributed by atoms with Crippen molar-refractivity contribution in [3.63, 3.8) is 0 Å². The van der Waals surface area contributed by atoms with E-state index < -0.39 is 0 Å². The second-order valence-electron chi connectivity index (χ2n) is 3.94. The average molecular weight is 270 g/mol. The zero-order valence-corrected chi connectivity index (χ0v) is 11.7. The van der Waals surface area contributed by atoms with Gasteiger partial charge in [-0.1, -0.05) is 23.7 Å². The standard InChI is InChI=1S/C12H16ClN3S/c1-8(2)14-12(17)16-15-9(3)10-4-6-11(13)7-5-10/h4-8H,1-3H3,(H2,14,16,17)/b15-9+. The van der Waals surface area contributed by atoms with Crippen LogP contribution in [-0.2, 0) is 0 Å². The summed E-state index contributed by atoms with van der Waals surface area (Å²) in [5, 5.41) is 8.48. The number of hydrogen-bond donors (Lipinski definition) is 2. The molecular weight excluding hydrogens is 254 g/mol. The molecule has 0 aliphatic rings. The monoisotopic (exact) mass is 269 g/mol. The molecule has 0 atom stereocenters. The van der Waals surface area contributed by atoms with Gasteiger partial charge in [-0.25, -0.2) is 0 Å². The van der Waals surface area contributed by atoms with Crippen molar-refractivity contribution in [1.82, 2.24) is 10.7 Å². The van der Waals surface area contributed by atoms with Crippen molar-refractivity contribution in [3.05, 3.63) is 34.9 Å². The van der Waals surface area contributed by atoms with Crippen molar-refractivity contribution in [2.45, 2.75) is 26.8 Å². The van der Waals surface area contributed by atoms with Crippen molar-refractivity contribution in [3.8, 4) is 0 Å². The lowest BCUT2D eigenvalue weighted by Gasteiger charge is -2.10. The fraction of sp³-hybridized carbons (Fsp3) is 0.333. The van der Waals surface area contributed by atoms with Crippen LogP contribution in [0.15, 0.2) is 29.4 Å². The zero-order valence-electron chi connectivity index (χ0n) is 10.1. The van der Waals surface area contributed by atoms with E-state index in [9.17, 15) is 0 Å². The molecular formula is C12H16ClN3S. The molecule has 17 heavy (non-hydrogen) atoms. The van der Waals surface area contributed by atoms with Crippen LogP contribution in [0.1, 0.15) is 26.3 Å². The highest BCUT2D eigenvalue weighted by molar-refractivity contribution is 7.80. The Morgan fingerprint density at radius 2 is 1.88 bits per heavy atom. The molecule has 0 amide bonds. The molecule has 0 spiro atoms. The molecule has 1 rings (SSSR count). The molecule has 0 radical (unpaired) electrons. The molecule has 0 unspecified atom stereocenters. The molecule has 0 fully saturated rings. The minimum absolute atomic E-state index is 0.293. The molecule has 2 N–H and O–H groups in total. The summed E-state index contributed by atoms with van der Waals surface area (Å²) >= 11 is 10.9. The summed E-state index contributed by atoms with van der Waals surface area (Å²) in [4.78, 5) is 0. The van der Waals surface area contributed by atoms with Gasteiger partial charge in [0.1, 0.15) is 0 Å². The van der Waals surface area contributed by atoms with E-state index in [1.807, 2.05) is 45.0 Å². The summed E-state index contributed by atoms with van der Waals surface area (Å²) in [5.41, 5.74) is 4.67. The number of nitrogens with zero attached hydrogens (tertiary/aromatic N) is 1. The van der Waals surface area contributed by atoms with Crippen LogP contribution in [0.2, 0.25) is 5.02 Å². The third kappa shape index (κ3) is 5.15. The maximum atomic E-state index is 5.81. The maximum Gasteiger partial charge on any atom is 0.187 e. The molecule has 92 valence electrons. The Bertz CT molecular complexity index is 412. The highest BCUT2D eigenvalue weighted by atomic mass is 35.5. The minimum atomic E-state index is 0.293. The van der Waals surface area contributed by atoms with E-state index in [2.05, 4.69) is 15.8 Å². The zero-order chi connectivity index (χ0) is 12.8. The molecule has 1 aromatic carbocycles. The molecule has 0 bridgehead atoms. The van der Waals surface area contributed by atoms with Crippen molar-refractivity contribution in [2.24, 2.45) is 5.10 Å². The molecule has 5 heteroatoms. The first-order valence-electron chi connectivity index (χ1n) is 5.36. The van der Waals surface area contributed by atoms with E-state index in [0.29, 0.717) is 16.2 Å². The second kappa shape index (κ2) is 6.57. The molecule has 0 aliphatic heterocycles. The lowest BCUT2D eigenvalue weighted by atomic mass is 10.1. The van der Waals surface area contributed by atoms with Gasteiger partial charge >= 0.3 is 0 Å². The fourth-order valence-electron chi connectivity index (χ4n) is 1.18. The Labute approximate surface area is 112 Å². The summed E-state index contributed by atoms with van der Waals surface area (Å²) in [7, 11) is 0. The molecule has 0 saturated heterocycles. The van der Waals surface area contributed by atoms with Gasteiger partial charge in [-0.2, -0.15) is 5.10 Å².